The summed E-state index contributed by atoms with van der Waals surface area (Å²) in [5.41, 5.74) is 2.38. The average Bonchev–Trinajstić information content (AvgIpc) is 3.29. The number of nitrogens with one attached hydrogen (secondary N) is 1. The maximum atomic E-state index is 12.3. The summed E-state index contributed by atoms with van der Waals surface area (Å²) in [5, 5.41) is 12.1. The second-order valence-electron chi connectivity index (χ2n) is 6.79. The fourth-order valence-corrected chi connectivity index (χ4v) is 3.00. The number of rotatable bonds is 8. The van der Waals surface area contributed by atoms with Crippen LogP contribution >= 0.6 is 0 Å². The van der Waals surface area contributed by atoms with Crippen LogP contribution in [0.5, 0.6) is 0 Å². The van der Waals surface area contributed by atoms with Crippen LogP contribution in [0.15, 0.2) is 76.7 Å². The number of furan rings is 1. The Labute approximate surface area is 180 Å². The van der Waals surface area contributed by atoms with Crippen LogP contribution in [0, 0.1) is 11.3 Å². The third-order valence-corrected chi connectivity index (χ3v) is 4.64. The molecule has 6 nitrogen and oxygen atoms in total. The number of methoxy groups -OCH3 is 1. The lowest BCUT2D eigenvalue weighted by molar-refractivity contribution is -0.117. The van der Waals surface area contributed by atoms with Gasteiger partial charge in [-0.2, -0.15) is 5.26 Å². The minimum Gasteiger partial charge on any atom is -0.465 e. The van der Waals surface area contributed by atoms with Gasteiger partial charge in [-0.25, -0.2) is 4.79 Å². The molecule has 1 heterocycles. The smallest absolute Gasteiger partial charge is 0.337 e. The van der Waals surface area contributed by atoms with Gasteiger partial charge in [0, 0.05) is 18.2 Å². The minimum absolute atomic E-state index is 0.0262. The van der Waals surface area contributed by atoms with E-state index in [9.17, 15) is 14.9 Å². The number of amides is 1. The monoisotopic (exact) mass is 414 g/mol. The van der Waals surface area contributed by atoms with Gasteiger partial charge in [-0.05, 0) is 42.7 Å². The van der Waals surface area contributed by atoms with Gasteiger partial charge in [0.15, 0.2) is 0 Å². The number of carbonyl (C=O) groups is 2. The molecule has 0 atom stereocenters. The minimum atomic E-state index is -0.434. The summed E-state index contributed by atoms with van der Waals surface area (Å²) in [6.45, 7) is 0.475. The van der Waals surface area contributed by atoms with Crippen molar-refractivity contribution >= 4 is 18.0 Å². The molecule has 31 heavy (non-hydrogen) atoms. The number of hydrogen-bond acceptors (Lipinski definition) is 5. The molecule has 0 unspecified atom stereocenters. The largest absolute Gasteiger partial charge is 0.465 e. The van der Waals surface area contributed by atoms with Crippen LogP contribution in [-0.2, 0) is 16.0 Å². The molecule has 3 aromatic rings. The van der Waals surface area contributed by atoms with Gasteiger partial charge in [0.2, 0.25) is 0 Å². The predicted octanol–water partition coefficient (Wildman–Crippen LogP) is 4.39. The number of ether oxygens (including phenoxy) is 1. The summed E-state index contributed by atoms with van der Waals surface area (Å²) in [5.74, 6) is 0.102. The van der Waals surface area contributed by atoms with Gasteiger partial charge >= 0.3 is 5.97 Å². The molecule has 0 fully saturated rings. The Morgan fingerprint density at radius 1 is 1.06 bits per heavy atom. The lowest BCUT2D eigenvalue weighted by Crippen LogP contribution is -2.25. The molecule has 0 aliphatic rings. The molecule has 1 amide bonds. The molecule has 156 valence electrons. The van der Waals surface area contributed by atoms with E-state index >= 15 is 0 Å². The summed E-state index contributed by atoms with van der Waals surface area (Å²) in [7, 11) is 1.33. The quantitative estimate of drug-likeness (QED) is 0.255. The van der Waals surface area contributed by atoms with Crippen molar-refractivity contribution in [2.24, 2.45) is 0 Å². The maximum absolute atomic E-state index is 12.3. The topological polar surface area (TPSA) is 92.3 Å². The first-order valence-electron chi connectivity index (χ1n) is 9.83. The molecule has 0 radical (unpaired) electrons. The molecule has 3 rings (SSSR count). The molecule has 6 heteroatoms. The van der Waals surface area contributed by atoms with Crippen molar-refractivity contribution in [2.75, 3.05) is 13.7 Å². The molecule has 2 aromatic carbocycles. The molecule has 1 N–H and O–H groups in total. The summed E-state index contributed by atoms with van der Waals surface area (Å²) >= 11 is 0. The molecule has 0 saturated heterocycles. The Kier molecular flexibility index (Phi) is 7.39. The molecule has 1 aromatic heterocycles. The van der Waals surface area contributed by atoms with Gasteiger partial charge in [-0.15, -0.1) is 0 Å². The van der Waals surface area contributed by atoms with Crippen molar-refractivity contribution in [3.8, 4) is 17.4 Å². The molecule has 0 spiro atoms. The summed E-state index contributed by atoms with van der Waals surface area (Å²) < 4.78 is 10.4. The fourth-order valence-electron chi connectivity index (χ4n) is 3.00. The van der Waals surface area contributed by atoms with Crippen molar-refractivity contribution in [1.29, 1.82) is 5.26 Å². The van der Waals surface area contributed by atoms with Crippen molar-refractivity contribution in [1.82, 2.24) is 5.32 Å². The second-order valence-corrected chi connectivity index (χ2v) is 6.79. The summed E-state index contributed by atoms with van der Waals surface area (Å²) in [6.07, 6.45) is 3.04. The van der Waals surface area contributed by atoms with Crippen LogP contribution in [0.3, 0.4) is 0 Å². The van der Waals surface area contributed by atoms with Crippen molar-refractivity contribution in [3.63, 3.8) is 0 Å². The lowest BCUT2D eigenvalue weighted by Gasteiger charge is -2.04. The van der Waals surface area contributed by atoms with Crippen molar-refractivity contribution in [3.05, 3.63) is 89.2 Å². The number of aryl methyl sites for hydroxylation is 1. The number of nitrogens with zero attached hydrogens (tertiary/aromatic N) is 1. The first-order valence-corrected chi connectivity index (χ1v) is 9.83. The van der Waals surface area contributed by atoms with E-state index in [-0.39, 0.29) is 5.57 Å². The van der Waals surface area contributed by atoms with Gasteiger partial charge in [0.25, 0.3) is 5.91 Å². The SMILES string of the molecule is COC(=O)c1ccc(-c2ccc(/C=C(/C#N)C(=O)NCCCc3ccccc3)o2)cc1. The van der Waals surface area contributed by atoms with E-state index in [1.165, 1.54) is 18.7 Å². The van der Waals surface area contributed by atoms with E-state index in [4.69, 9.17) is 4.42 Å². The highest BCUT2D eigenvalue weighted by molar-refractivity contribution is 6.01. The summed E-state index contributed by atoms with van der Waals surface area (Å²) in [4.78, 5) is 23.8. The normalized spacial score (nSPS) is 10.9. The van der Waals surface area contributed by atoms with Crippen LogP contribution in [0.25, 0.3) is 17.4 Å². The van der Waals surface area contributed by atoms with Gasteiger partial charge in [0.1, 0.15) is 23.2 Å². The number of hydrogen-bond donors (Lipinski definition) is 1. The van der Waals surface area contributed by atoms with E-state index in [2.05, 4.69) is 10.1 Å². The molecule has 0 aliphatic heterocycles. The number of esters is 1. The zero-order valence-electron chi connectivity index (χ0n) is 17.1. The Balaban J connectivity index is 1.59. The average molecular weight is 414 g/mol. The Hall–Kier alpha value is -4.11. The lowest BCUT2D eigenvalue weighted by atomic mass is 10.1. The third kappa shape index (κ3) is 5.94. The van der Waals surface area contributed by atoms with E-state index < -0.39 is 11.9 Å². The van der Waals surface area contributed by atoms with Gasteiger partial charge in [-0.1, -0.05) is 42.5 Å². The fraction of sp³-hybridized carbons (Fsp3) is 0.160. The van der Waals surface area contributed by atoms with Crippen molar-refractivity contribution in [2.45, 2.75) is 12.8 Å². The first kappa shape index (κ1) is 21.6. The molecule has 0 aliphatic carbocycles. The number of benzene rings is 2. The molecule has 0 saturated carbocycles. The van der Waals surface area contributed by atoms with Gasteiger partial charge in [-0.3, -0.25) is 4.79 Å². The second kappa shape index (κ2) is 10.6. The third-order valence-electron chi connectivity index (χ3n) is 4.64. The number of nitriles is 1. The Morgan fingerprint density at radius 3 is 2.48 bits per heavy atom. The zero-order chi connectivity index (χ0) is 22.1. The van der Waals surface area contributed by atoms with Crippen LogP contribution < -0.4 is 5.32 Å². The van der Waals surface area contributed by atoms with E-state index in [0.29, 0.717) is 23.6 Å². The summed E-state index contributed by atoms with van der Waals surface area (Å²) in [6, 6.07) is 22.1. The van der Waals surface area contributed by atoms with Crippen LogP contribution in [-0.4, -0.2) is 25.5 Å². The van der Waals surface area contributed by atoms with Crippen LogP contribution in [0.1, 0.15) is 28.1 Å². The zero-order valence-corrected chi connectivity index (χ0v) is 17.1. The molecular formula is C25H22N2O4. The Morgan fingerprint density at radius 2 is 1.81 bits per heavy atom. The highest BCUT2D eigenvalue weighted by atomic mass is 16.5. The van der Waals surface area contributed by atoms with E-state index in [1.807, 2.05) is 36.4 Å². The van der Waals surface area contributed by atoms with Crippen LogP contribution in [0.4, 0.5) is 0 Å². The molecular weight excluding hydrogens is 392 g/mol. The molecule has 0 bridgehead atoms. The predicted molar refractivity (Wildman–Crippen MR) is 117 cm³/mol. The first-order chi connectivity index (χ1) is 15.1. The highest BCUT2D eigenvalue weighted by Gasteiger charge is 2.11. The number of carbonyl (C=O) groups excluding carboxylic acids is 2. The highest BCUT2D eigenvalue weighted by Crippen LogP contribution is 2.24. The van der Waals surface area contributed by atoms with E-state index in [0.717, 1.165) is 18.4 Å². The standard InChI is InChI=1S/C25H22N2O4/c1-30-25(29)20-11-9-19(10-12-20)23-14-13-22(31-23)16-21(17-26)24(28)27-15-5-8-18-6-3-2-4-7-18/h2-4,6-7,9-14,16H,5,8,15H2,1H3,(H,27,28)/b21-16-. The van der Waals surface area contributed by atoms with Gasteiger partial charge < -0.3 is 14.5 Å². The van der Waals surface area contributed by atoms with Crippen LogP contribution in [0.2, 0.25) is 0 Å². The Bertz CT molecular complexity index is 1110. The van der Waals surface area contributed by atoms with E-state index in [1.54, 1.807) is 36.4 Å². The maximum Gasteiger partial charge on any atom is 0.337 e. The van der Waals surface area contributed by atoms with Gasteiger partial charge in [0.05, 0.1) is 12.7 Å². The van der Waals surface area contributed by atoms with Crippen molar-refractivity contribution < 1.29 is 18.7 Å².